The number of methoxy groups -OCH3 is 1. The van der Waals surface area contributed by atoms with Crippen molar-refractivity contribution in [2.45, 2.75) is 52.1 Å². The van der Waals surface area contributed by atoms with Gasteiger partial charge in [0.1, 0.15) is 12.1 Å². The molecule has 2 aromatic rings. The van der Waals surface area contributed by atoms with E-state index in [-0.39, 0.29) is 17.7 Å². The van der Waals surface area contributed by atoms with E-state index in [1.54, 1.807) is 12.1 Å². The molecule has 6 nitrogen and oxygen atoms in total. The summed E-state index contributed by atoms with van der Waals surface area (Å²) in [4.78, 5) is 37.7. The van der Waals surface area contributed by atoms with E-state index in [9.17, 15) is 14.4 Å². The molecule has 0 radical (unpaired) electrons. The van der Waals surface area contributed by atoms with E-state index in [4.69, 9.17) is 4.74 Å². The van der Waals surface area contributed by atoms with Crippen LogP contribution in [0.2, 0.25) is 0 Å². The summed E-state index contributed by atoms with van der Waals surface area (Å²) in [6, 6.07) is 14.0. The Morgan fingerprint density at radius 3 is 1.97 bits per heavy atom. The molecule has 1 unspecified atom stereocenters. The average molecular weight is 550 g/mol. The van der Waals surface area contributed by atoms with Crippen LogP contribution in [0.25, 0.3) is 11.1 Å². The molecule has 0 saturated heterocycles. The fourth-order valence-corrected chi connectivity index (χ4v) is 3.71. The lowest BCUT2D eigenvalue weighted by molar-refractivity contribution is -0.145. The van der Waals surface area contributed by atoms with Gasteiger partial charge in [0.05, 0.1) is 7.11 Å². The van der Waals surface area contributed by atoms with Crippen LogP contribution >= 0.6 is 22.6 Å². The predicted molar refractivity (Wildman–Crippen MR) is 134 cm³/mol. The molecule has 2 atom stereocenters. The van der Waals surface area contributed by atoms with E-state index < -0.39 is 18.1 Å². The van der Waals surface area contributed by atoms with Gasteiger partial charge < -0.3 is 15.4 Å². The molecule has 0 fully saturated rings. The molecule has 0 aliphatic rings. The standard InChI is InChI=1S/C25H31IN2O4/c1-5-6-21(25(31)32-4)27-24(30)22(15-16(2)3)28-23(29)19-9-7-17(8-10-19)18-11-13-20(26)14-12-18/h7-14,16,21-22H,5-6,15H2,1-4H3,(H,27,30)(H,28,29)/t21?,22-/m0/s1. The Labute approximate surface area is 203 Å². The fourth-order valence-electron chi connectivity index (χ4n) is 3.35. The van der Waals surface area contributed by atoms with E-state index in [2.05, 4.69) is 33.2 Å². The van der Waals surface area contributed by atoms with Crippen molar-refractivity contribution in [3.8, 4) is 11.1 Å². The number of nitrogens with one attached hydrogen (secondary N) is 2. The van der Waals surface area contributed by atoms with Gasteiger partial charge >= 0.3 is 5.97 Å². The Bertz CT molecular complexity index is 911. The third-order valence-electron chi connectivity index (χ3n) is 5.03. The molecule has 0 bridgehead atoms. The quantitative estimate of drug-likeness (QED) is 0.336. The van der Waals surface area contributed by atoms with Gasteiger partial charge in [-0.25, -0.2) is 4.79 Å². The zero-order valence-corrected chi connectivity index (χ0v) is 21.1. The van der Waals surface area contributed by atoms with E-state index in [0.717, 1.165) is 14.7 Å². The first-order valence-corrected chi connectivity index (χ1v) is 11.9. The van der Waals surface area contributed by atoms with Gasteiger partial charge in [0.15, 0.2) is 0 Å². The van der Waals surface area contributed by atoms with Gasteiger partial charge in [-0.1, -0.05) is 51.5 Å². The lowest BCUT2D eigenvalue weighted by atomic mass is 10.0. The van der Waals surface area contributed by atoms with E-state index in [0.29, 0.717) is 24.8 Å². The maximum absolute atomic E-state index is 12.9. The van der Waals surface area contributed by atoms with Crippen LogP contribution in [-0.2, 0) is 14.3 Å². The van der Waals surface area contributed by atoms with Crippen LogP contribution in [0.3, 0.4) is 0 Å². The smallest absolute Gasteiger partial charge is 0.328 e. The zero-order valence-electron chi connectivity index (χ0n) is 19.0. The lowest BCUT2D eigenvalue weighted by Crippen LogP contribution is -2.52. The van der Waals surface area contributed by atoms with Crippen LogP contribution < -0.4 is 10.6 Å². The van der Waals surface area contributed by atoms with Crippen molar-refractivity contribution in [2.24, 2.45) is 5.92 Å². The minimum absolute atomic E-state index is 0.178. The summed E-state index contributed by atoms with van der Waals surface area (Å²) in [6.45, 7) is 5.88. The molecule has 0 saturated carbocycles. The molecule has 0 aliphatic carbocycles. The molecule has 7 heteroatoms. The summed E-state index contributed by atoms with van der Waals surface area (Å²) in [7, 11) is 1.30. The summed E-state index contributed by atoms with van der Waals surface area (Å²) < 4.78 is 5.95. The predicted octanol–water partition coefficient (Wildman–Crippen LogP) is 4.56. The van der Waals surface area contributed by atoms with Crippen LogP contribution in [0.4, 0.5) is 0 Å². The molecule has 2 rings (SSSR count). The lowest BCUT2D eigenvalue weighted by Gasteiger charge is -2.23. The molecule has 0 aliphatic heterocycles. The minimum Gasteiger partial charge on any atom is -0.467 e. The van der Waals surface area contributed by atoms with Crippen LogP contribution in [0.15, 0.2) is 48.5 Å². The molecule has 0 aromatic heterocycles. The monoisotopic (exact) mass is 550 g/mol. The number of ether oxygens (including phenoxy) is 1. The highest BCUT2D eigenvalue weighted by atomic mass is 127. The summed E-state index contributed by atoms with van der Waals surface area (Å²) >= 11 is 2.26. The summed E-state index contributed by atoms with van der Waals surface area (Å²) in [5.74, 6) is -1.02. The van der Waals surface area contributed by atoms with Crippen molar-refractivity contribution in [1.82, 2.24) is 10.6 Å². The molecule has 2 aromatic carbocycles. The number of hydrogen-bond donors (Lipinski definition) is 2. The molecule has 172 valence electrons. The second kappa shape index (κ2) is 12.6. The third kappa shape index (κ3) is 7.62. The van der Waals surface area contributed by atoms with Gasteiger partial charge in [0, 0.05) is 9.13 Å². The third-order valence-corrected chi connectivity index (χ3v) is 5.75. The first-order chi connectivity index (χ1) is 15.2. The Morgan fingerprint density at radius 2 is 1.47 bits per heavy atom. The number of halogens is 1. The van der Waals surface area contributed by atoms with Gasteiger partial charge in [0.2, 0.25) is 5.91 Å². The number of carbonyl (C=O) groups excluding carboxylic acids is 3. The maximum atomic E-state index is 12.9. The second-order valence-corrected chi connectivity index (χ2v) is 9.36. The first kappa shape index (κ1) is 25.8. The van der Waals surface area contributed by atoms with Gasteiger partial charge in [-0.2, -0.15) is 0 Å². The van der Waals surface area contributed by atoms with Crippen LogP contribution in [0.5, 0.6) is 0 Å². The van der Waals surface area contributed by atoms with Crippen LogP contribution in [-0.4, -0.2) is 37.0 Å². The summed E-state index contributed by atoms with van der Waals surface area (Å²) in [5.41, 5.74) is 2.55. The Kier molecular flexibility index (Phi) is 10.2. The molecule has 0 heterocycles. The van der Waals surface area contributed by atoms with Crippen molar-refractivity contribution < 1.29 is 19.1 Å². The van der Waals surface area contributed by atoms with Gasteiger partial charge in [-0.15, -0.1) is 0 Å². The Balaban J connectivity index is 2.12. The summed E-state index contributed by atoms with van der Waals surface area (Å²) in [6.07, 6.45) is 1.65. The Hall–Kier alpha value is -2.42. The molecule has 2 amide bonds. The van der Waals surface area contributed by atoms with Crippen molar-refractivity contribution >= 4 is 40.4 Å². The highest BCUT2D eigenvalue weighted by molar-refractivity contribution is 14.1. The van der Waals surface area contributed by atoms with E-state index in [1.807, 2.05) is 57.2 Å². The van der Waals surface area contributed by atoms with Gasteiger partial charge in [-0.05, 0) is 76.7 Å². The van der Waals surface area contributed by atoms with Crippen molar-refractivity contribution in [1.29, 1.82) is 0 Å². The van der Waals surface area contributed by atoms with Crippen LogP contribution in [0.1, 0.15) is 50.4 Å². The number of hydrogen-bond acceptors (Lipinski definition) is 4. The highest BCUT2D eigenvalue weighted by Gasteiger charge is 2.27. The Morgan fingerprint density at radius 1 is 0.906 bits per heavy atom. The van der Waals surface area contributed by atoms with Crippen LogP contribution in [0, 0.1) is 9.49 Å². The number of esters is 1. The maximum Gasteiger partial charge on any atom is 0.328 e. The topological polar surface area (TPSA) is 84.5 Å². The van der Waals surface area contributed by atoms with E-state index in [1.165, 1.54) is 7.11 Å². The highest BCUT2D eigenvalue weighted by Crippen LogP contribution is 2.21. The SMILES string of the molecule is CCCC(NC(=O)[C@H](CC(C)C)NC(=O)c1ccc(-c2ccc(I)cc2)cc1)C(=O)OC. The fraction of sp³-hybridized carbons (Fsp3) is 0.400. The van der Waals surface area contributed by atoms with Crippen molar-refractivity contribution in [3.63, 3.8) is 0 Å². The van der Waals surface area contributed by atoms with Crippen molar-refractivity contribution in [3.05, 3.63) is 57.7 Å². The van der Waals surface area contributed by atoms with Gasteiger partial charge in [0.25, 0.3) is 5.91 Å². The molecular formula is C25H31IN2O4. The average Bonchev–Trinajstić information content (AvgIpc) is 2.78. The molecule has 0 spiro atoms. The minimum atomic E-state index is -0.748. The zero-order chi connectivity index (χ0) is 23.7. The largest absolute Gasteiger partial charge is 0.467 e. The molecule has 2 N–H and O–H groups in total. The summed E-state index contributed by atoms with van der Waals surface area (Å²) in [5, 5.41) is 5.57. The van der Waals surface area contributed by atoms with Crippen molar-refractivity contribution in [2.75, 3.05) is 7.11 Å². The second-order valence-electron chi connectivity index (χ2n) is 8.11. The normalized spacial score (nSPS) is 12.7. The molecular weight excluding hydrogens is 519 g/mol. The number of benzene rings is 2. The van der Waals surface area contributed by atoms with Gasteiger partial charge in [-0.3, -0.25) is 9.59 Å². The van der Waals surface area contributed by atoms with E-state index >= 15 is 0 Å². The molecule has 32 heavy (non-hydrogen) atoms. The number of amides is 2. The first-order valence-electron chi connectivity index (χ1n) is 10.8. The number of carbonyl (C=O) groups is 3. The number of rotatable bonds is 10.